The Kier molecular flexibility index (Phi) is 5.01. The molecule has 4 heteroatoms. The third-order valence-electron chi connectivity index (χ3n) is 4.45. The van der Waals surface area contributed by atoms with Gasteiger partial charge in [-0.25, -0.2) is 5.84 Å². The Labute approximate surface area is 127 Å². The Bertz CT molecular complexity index is 476. The molecule has 1 amide bonds. The Morgan fingerprint density at radius 2 is 1.90 bits per heavy atom. The fourth-order valence-corrected chi connectivity index (χ4v) is 2.94. The molecule has 0 saturated carbocycles. The van der Waals surface area contributed by atoms with Crippen LogP contribution in [-0.4, -0.2) is 23.9 Å². The number of hydrogen-bond acceptors (Lipinski definition) is 3. The van der Waals surface area contributed by atoms with Crippen LogP contribution >= 0.6 is 0 Å². The molecule has 0 aromatic heterocycles. The summed E-state index contributed by atoms with van der Waals surface area (Å²) in [7, 11) is 0. The molecular weight excluding hydrogens is 262 g/mol. The number of nitrogens with zero attached hydrogens (tertiary/aromatic N) is 1. The highest BCUT2D eigenvalue weighted by Gasteiger charge is 2.31. The second kappa shape index (κ2) is 6.58. The van der Waals surface area contributed by atoms with Gasteiger partial charge in [-0.1, -0.05) is 45.0 Å². The number of nitrogens with one attached hydrogen (secondary N) is 1. The summed E-state index contributed by atoms with van der Waals surface area (Å²) >= 11 is 0. The molecule has 0 bridgehead atoms. The molecule has 1 heterocycles. The number of rotatable bonds is 4. The first kappa shape index (κ1) is 16.0. The van der Waals surface area contributed by atoms with Gasteiger partial charge in [-0.3, -0.25) is 15.1 Å². The maximum atomic E-state index is 11.2. The van der Waals surface area contributed by atoms with Crippen molar-refractivity contribution in [2.75, 3.05) is 13.1 Å². The van der Waals surface area contributed by atoms with Crippen molar-refractivity contribution < 1.29 is 4.79 Å². The van der Waals surface area contributed by atoms with Gasteiger partial charge in [0.05, 0.1) is 6.42 Å². The topological polar surface area (TPSA) is 58.4 Å². The zero-order valence-corrected chi connectivity index (χ0v) is 13.4. The van der Waals surface area contributed by atoms with Gasteiger partial charge in [0.1, 0.15) is 0 Å². The Morgan fingerprint density at radius 1 is 1.29 bits per heavy atom. The lowest BCUT2D eigenvalue weighted by Crippen LogP contribution is -2.31. The zero-order chi connectivity index (χ0) is 15.5. The second-order valence-electron chi connectivity index (χ2n) is 7.15. The number of benzene rings is 1. The monoisotopic (exact) mass is 289 g/mol. The molecule has 1 unspecified atom stereocenters. The van der Waals surface area contributed by atoms with Crippen molar-refractivity contribution in [3.8, 4) is 0 Å². The molecule has 1 atom stereocenters. The molecule has 2 rings (SSSR count). The number of carbonyl (C=O) groups excluding carboxylic acids is 1. The van der Waals surface area contributed by atoms with Crippen LogP contribution in [-0.2, 0) is 17.8 Å². The van der Waals surface area contributed by atoms with E-state index in [1.807, 2.05) is 12.1 Å². The average Bonchev–Trinajstić information content (AvgIpc) is 2.89. The third-order valence-corrected chi connectivity index (χ3v) is 4.45. The molecule has 1 aromatic rings. The van der Waals surface area contributed by atoms with E-state index in [0.717, 1.165) is 18.0 Å². The SMILES string of the molecule is CC(C)(C)C1CCN(Cc2ccc(CC(=O)NN)cc2)C1. The minimum Gasteiger partial charge on any atom is -0.299 e. The molecule has 116 valence electrons. The normalized spacial score (nSPS) is 19.7. The first-order valence-corrected chi connectivity index (χ1v) is 7.68. The minimum absolute atomic E-state index is 0.157. The van der Waals surface area contributed by atoms with Crippen LogP contribution < -0.4 is 11.3 Å². The smallest absolute Gasteiger partial charge is 0.238 e. The Hall–Kier alpha value is -1.39. The molecule has 1 aromatic carbocycles. The van der Waals surface area contributed by atoms with Crippen LogP contribution in [0, 0.1) is 11.3 Å². The van der Waals surface area contributed by atoms with Crippen LogP contribution in [0.5, 0.6) is 0 Å². The van der Waals surface area contributed by atoms with Crippen molar-refractivity contribution >= 4 is 5.91 Å². The van der Waals surface area contributed by atoms with Gasteiger partial charge in [0.25, 0.3) is 0 Å². The van der Waals surface area contributed by atoms with E-state index in [1.165, 1.54) is 25.1 Å². The van der Waals surface area contributed by atoms with E-state index in [0.29, 0.717) is 11.8 Å². The molecule has 1 aliphatic rings. The van der Waals surface area contributed by atoms with E-state index >= 15 is 0 Å². The summed E-state index contributed by atoms with van der Waals surface area (Å²) in [5.41, 5.74) is 4.86. The summed E-state index contributed by atoms with van der Waals surface area (Å²) in [5, 5.41) is 0. The van der Waals surface area contributed by atoms with Crippen molar-refractivity contribution in [2.24, 2.45) is 17.2 Å². The van der Waals surface area contributed by atoms with Crippen LogP contribution in [0.25, 0.3) is 0 Å². The van der Waals surface area contributed by atoms with Crippen molar-refractivity contribution in [3.05, 3.63) is 35.4 Å². The predicted octanol–water partition coefficient (Wildman–Crippen LogP) is 2.09. The van der Waals surface area contributed by atoms with Crippen LogP contribution in [0.3, 0.4) is 0 Å². The summed E-state index contributed by atoms with van der Waals surface area (Å²) in [4.78, 5) is 13.8. The van der Waals surface area contributed by atoms with Crippen LogP contribution in [0.1, 0.15) is 38.3 Å². The van der Waals surface area contributed by atoms with Crippen LogP contribution in [0.4, 0.5) is 0 Å². The standard InChI is InChI=1S/C17H27N3O/c1-17(2,3)15-8-9-20(12-15)11-14-6-4-13(5-7-14)10-16(21)19-18/h4-7,15H,8-12,18H2,1-3H3,(H,19,21). The number of carbonyl (C=O) groups is 1. The van der Waals surface area contributed by atoms with E-state index in [9.17, 15) is 4.79 Å². The van der Waals surface area contributed by atoms with Crippen molar-refractivity contribution in [3.63, 3.8) is 0 Å². The van der Waals surface area contributed by atoms with Gasteiger partial charge < -0.3 is 0 Å². The van der Waals surface area contributed by atoms with E-state index in [4.69, 9.17) is 5.84 Å². The maximum Gasteiger partial charge on any atom is 0.238 e. The molecule has 21 heavy (non-hydrogen) atoms. The molecule has 1 aliphatic heterocycles. The zero-order valence-electron chi connectivity index (χ0n) is 13.4. The van der Waals surface area contributed by atoms with Crippen molar-refractivity contribution in [1.82, 2.24) is 10.3 Å². The average molecular weight is 289 g/mol. The lowest BCUT2D eigenvalue weighted by Gasteiger charge is -2.27. The van der Waals surface area contributed by atoms with Gasteiger partial charge in [-0.2, -0.15) is 0 Å². The highest BCUT2D eigenvalue weighted by Crippen LogP contribution is 2.34. The number of hydrogen-bond donors (Lipinski definition) is 2. The largest absolute Gasteiger partial charge is 0.299 e. The number of nitrogens with two attached hydrogens (primary N) is 1. The van der Waals surface area contributed by atoms with E-state index in [1.54, 1.807) is 0 Å². The van der Waals surface area contributed by atoms with Crippen LogP contribution in [0.2, 0.25) is 0 Å². The summed E-state index contributed by atoms with van der Waals surface area (Å²) in [5.74, 6) is 5.73. The van der Waals surface area contributed by atoms with Gasteiger partial charge in [0.2, 0.25) is 5.91 Å². The van der Waals surface area contributed by atoms with Gasteiger partial charge in [0.15, 0.2) is 0 Å². The molecule has 3 N–H and O–H groups in total. The molecule has 1 fully saturated rings. The number of amides is 1. The van der Waals surface area contributed by atoms with Crippen molar-refractivity contribution in [2.45, 2.75) is 40.2 Å². The lowest BCUT2D eigenvalue weighted by molar-refractivity contribution is -0.120. The first-order valence-electron chi connectivity index (χ1n) is 7.68. The van der Waals surface area contributed by atoms with E-state index < -0.39 is 0 Å². The highest BCUT2D eigenvalue weighted by atomic mass is 16.2. The number of likely N-dealkylation sites (tertiary alicyclic amines) is 1. The van der Waals surface area contributed by atoms with Gasteiger partial charge in [0, 0.05) is 13.1 Å². The summed E-state index contributed by atoms with van der Waals surface area (Å²) in [6, 6.07) is 8.26. The Balaban J connectivity index is 1.88. The summed E-state index contributed by atoms with van der Waals surface area (Å²) in [6.07, 6.45) is 1.63. The molecule has 0 aliphatic carbocycles. The lowest BCUT2D eigenvalue weighted by atomic mass is 9.80. The van der Waals surface area contributed by atoms with Crippen LogP contribution in [0.15, 0.2) is 24.3 Å². The fraction of sp³-hybridized carbons (Fsp3) is 0.588. The third kappa shape index (κ3) is 4.55. The minimum atomic E-state index is -0.157. The molecular formula is C17H27N3O. The van der Waals surface area contributed by atoms with Gasteiger partial charge >= 0.3 is 0 Å². The second-order valence-corrected chi connectivity index (χ2v) is 7.15. The number of hydrazine groups is 1. The highest BCUT2D eigenvalue weighted by molar-refractivity contribution is 5.77. The van der Waals surface area contributed by atoms with E-state index in [2.05, 4.69) is 43.2 Å². The summed E-state index contributed by atoms with van der Waals surface area (Å²) in [6.45, 7) is 10.4. The van der Waals surface area contributed by atoms with Gasteiger partial charge in [-0.05, 0) is 35.4 Å². The van der Waals surface area contributed by atoms with Crippen molar-refractivity contribution in [1.29, 1.82) is 0 Å². The quantitative estimate of drug-likeness (QED) is 0.507. The van der Waals surface area contributed by atoms with E-state index in [-0.39, 0.29) is 5.91 Å². The fourth-order valence-electron chi connectivity index (χ4n) is 2.94. The maximum absolute atomic E-state index is 11.2. The van der Waals surface area contributed by atoms with Gasteiger partial charge in [-0.15, -0.1) is 0 Å². The molecule has 0 radical (unpaired) electrons. The first-order chi connectivity index (χ1) is 9.88. The molecule has 4 nitrogen and oxygen atoms in total. The summed E-state index contributed by atoms with van der Waals surface area (Å²) < 4.78 is 0. The Morgan fingerprint density at radius 3 is 2.43 bits per heavy atom. The predicted molar refractivity (Wildman–Crippen MR) is 85.3 cm³/mol. The molecule has 1 saturated heterocycles. The molecule has 0 spiro atoms.